The van der Waals surface area contributed by atoms with Crippen LogP contribution in [0.4, 0.5) is 0 Å². The van der Waals surface area contributed by atoms with E-state index in [0.29, 0.717) is 23.3 Å². The molecule has 2 aromatic rings. The number of ether oxygens (including phenoxy) is 1. The van der Waals surface area contributed by atoms with Crippen molar-refractivity contribution in [1.82, 2.24) is 25.1 Å². The van der Waals surface area contributed by atoms with Crippen LogP contribution in [-0.2, 0) is 11.8 Å². The van der Waals surface area contributed by atoms with Crippen LogP contribution in [0, 0.1) is 0 Å². The predicted molar refractivity (Wildman–Crippen MR) is 88.7 cm³/mol. The second-order valence-corrected chi connectivity index (χ2v) is 6.65. The molecule has 0 aliphatic carbocycles. The molecule has 0 saturated heterocycles. The largest absolute Gasteiger partial charge is 0.492 e. The van der Waals surface area contributed by atoms with Gasteiger partial charge in [-0.25, -0.2) is 4.68 Å². The maximum Gasteiger partial charge on any atom is 0.235 e. The molecule has 23 heavy (non-hydrogen) atoms. The Balaban J connectivity index is 1.78. The Labute approximate surface area is 143 Å². The highest BCUT2D eigenvalue weighted by molar-refractivity contribution is 8.00. The van der Waals surface area contributed by atoms with Crippen molar-refractivity contribution in [2.75, 3.05) is 20.2 Å². The van der Waals surface area contributed by atoms with Crippen molar-refractivity contribution in [3.05, 3.63) is 29.3 Å². The zero-order chi connectivity index (χ0) is 16.8. The third-order valence-corrected chi connectivity index (χ3v) is 4.46. The van der Waals surface area contributed by atoms with E-state index in [2.05, 4.69) is 15.5 Å². The highest BCUT2D eigenvalue weighted by Crippen LogP contribution is 2.20. The number of amides is 1. The Bertz CT molecular complexity index is 649. The first-order valence-corrected chi connectivity index (χ1v) is 8.25. The minimum Gasteiger partial charge on any atom is -0.492 e. The van der Waals surface area contributed by atoms with Crippen LogP contribution >= 0.6 is 23.4 Å². The van der Waals surface area contributed by atoms with Crippen LogP contribution in [0.1, 0.15) is 6.92 Å². The van der Waals surface area contributed by atoms with Gasteiger partial charge in [0, 0.05) is 19.1 Å². The monoisotopic (exact) mass is 355 g/mol. The number of hydrogen-bond acceptors (Lipinski definition) is 6. The summed E-state index contributed by atoms with van der Waals surface area (Å²) >= 11 is 7.14. The van der Waals surface area contributed by atoms with E-state index in [9.17, 15) is 4.79 Å². The smallest absolute Gasteiger partial charge is 0.235 e. The molecule has 9 heteroatoms. The summed E-state index contributed by atoms with van der Waals surface area (Å²) < 4.78 is 7.13. The van der Waals surface area contributed by atoms with Gasteiger partial charge in [0.1, 0.15) is 12.4 Å². The van der Waals surface area contributed by atoms with Crippen molar-refractivity contribution in [1.29, 1.82) is 0 Å². The minimum atomic E-state index is -0.278. The van der Waals surface area contributed by atoms with Crippen molar-refractivity contribution in [2.45, 2.75) is 17.3 Å². The molecule has 0 bridgehead atoms. The average molecular weight is 356 g/mol. The average Bonchev–Trinajstić information content (AvgIpc) is 2.93. The number of aromatic nitrogens is 4. The topological polar surface area (TPSA) is 73.1 Å². The van der Waals surface area contributed by atoms with Gasteiger partial charge >= 0.3 is 0 Å². The first-order chi connectivity index (χ1) is 11.0. The lowest BCUT2D eigenvalue weighted by Gasteiger charge is -2.20. The van der Waals surface area contributed by atoms with Gasteiger partial charge in [0.05, 0.1) is 11.8 Å². The van der Waals surface area contributed by atoms with Crippen molar-refractivity contribution in [3.63, 3.8) is 0 Å². The number of benzene rings is 1. The minimum absolute atomic E-state index is 0.00212. The molecule has 124 valence electrons. The fraction of sp³-hybridized carbons (Fsp3) is 0.429. The summed E-state index contributed by atoms with van der Waals surface area (Å²) in [5.41, 5.74) is 0. The third kappa shape index (κ3) is 5.11. The number of hydrogen-bond donors (Lipinski definition) is 0. The van der Waals surface area contributed by atoms with Crippen molar-refractivity contribution >= 4 is 29.3 Å². The van der Waals surface area contributed by atoms with E-state index in [0.717, 1.165) is 5.75 Å². The fourth-order valence-electron chi connectivity index (χ4n) is 1.78. The van der Waals surface area contributed by atoms with Gasteiger partial charge in [-0.2, -0.15) is 0 Å². The summed E-state index contributed by atoms with van der Waals surface area (Å²) in [6.45, 7) is 2.73. The number of aryl methyl sites for hydroxylation is 1. The molecule has 1 unspecified atom stereocenters. The molecule has 0 N–H and O–H groups in total. The molecule has 1 aromatic carbocycles. The van der Waals surface area contributed by atoms with Gasteiger partial charge in [0.2, 0.25) is 11.1 Å². The number of likely N-dealkylation sites (N-methyl/N-ethyl adjacent to an activating group) is 1. The third-order valence-electron chi connectivity index (χ3n) is 3.10. The molecule has 1 heterocycles. The normalized spacial score (nSPS) is 12.0. The molecular weight excluding hydrogens is 338 g/mol. The van der Waals surface area contributed by atoms with Gasteiger partial charge in [-0.05, 0) is 41.6 Å². The molecule has 0 aliphatic rings. The Morgan fingerprint density at radius 2 is 2.13 bits per heavy atom. The lowest BCUT2D eigenvalue weighted by Crippen LogP contribution is -2.36. The molecule has 1 atom stereocenters. The van der Waals surface area contributed by atoms with Crippen LogP contribution in [0.2, 0.25) is 5.02 Å². The molecule has 1 amide bonds. The van der Waals surface area contributed by atoms with E-state index in [1.54, 1.807) is 43.3 Å². The summed E-state index contributed by atoms with van der Waals surface area (Å²) in [6.07, 6.45) is 0. The number of carbonyl (C=O) groups excluding carboxylic acids is 1. The first-order valence-electron chi connectivity index (χ1n) is 6.99. The van der Waals surface area contributed by atoms with Crippen LogP contribution < -0.4 is 4.74 Å². The van der Waals surface area contributed by atoms with Crippen molar-refractivity contribution < 1.29 is 9.53 Å². The molecule has 0 spiro atoms. The Hall–Kier alpha value is -1.80. The molecule has 1 aromatic heterocycles. The highest BCUT2D eigenvalue weighted by atomic mass is 35.5. The standard InChI is InChI=1S/C14H18ClN5O2S/c1-10(23-14-16-17-18-20(14)3)13(21)19(2)8-9-22-12-6-4-11(15)5-7-12/h4-7,10H,8-9H2,1-3H3. The lowest BCUT2D eigenvalue weighted by molar-refractivity contribution is -0.129. The predicted octanol–water partition coefficient (Wildman–Crippen LogP) is 1.88. The molecule has 0 aliphatic heterocycles. The zero-order valence-corrected chi connectivity index (χ0v) is 14.7. The van der Waals surface area contributed by atoms with Crippen molar-refractivity contribution in [3.8, 4) is 5.75 Å². The lowest BCUT2D eigenvalue weighted by atomic mass is 10.3. The highest BCUT2D eigenvalue weighted by Gasteiger charge is 2.20. The summed E-state index contributed by atoms with van der Waals surface area (Å²) in [7, 11) is 3.49. The summed E-state index contributed by atoms with van der Waals surface area (Å²) in [6, 6.07) is 7.12. The number of carbonyl (C=O) groups is 1. The second kappa shape index (κ2) is 8.16. The maximum absolute atomic E-state index is 12.3. The molecular formula is C14H18ClN5O2S. The van der Waals surface area contributed by atoms with Gasteiger partial charge in [0.25, 0.3) is 0 Å². The first kappa shape index (κ1) is 17.6. The molecule has 0 fully saturated rings. The Kier molecular flexibility index (Phi) is 6.23. The number of thioether (sulfide) groups is 1. The Morgan fingerprint density at radius 1 is 1.43 bits per heavy atom. The van der Waals surface area contributed by atoms with Gasteiger partial charge in [0.15, 0.2) is 0 Å². The van der Waals surface area contributed by atoms with E-state index < -0.39 is 0 Å². The van der Waals surface area contributed by atoms with E-state index in [1.807, 2.05) is 6.92 Å². The van der Waals surface area contributed by atoms with E-state index >= 15 is 0 Å². The van der Waals surface area contributed by atoms with Gasteiger partial charge in [-0.1, -0.05) is 23.4 Å². The number of rotatable bonds is 7. The van der Waals surface area contributed by atoms with Gasteiger partial charge < -0.3 is 9.64 Å². The SMILES string of the molecule is CC(Sc1nnnn1C)C(=O)N(C)CCOc1ccc(Cl)cc1. The quantitative estimate of drug-likeness (QED) is 0.706. The van der Waals surface area contributed by atoms with Crippen LogP contribution in [0.5, 0.6) is 5.75 Å². The second-order valence-electron chi connectivity index (χ2n) is 4.91. The molecule has 7 nitrogen and oxygen atoms in total. The van der Waals surface area contributed by atoms with Gasteiger partial charge in [-0.15, -0.1) is 5.10 Å². The van der Waals surface area contributed by atoms with E-state index in [-0.39, 0.29) is 11.2 Å². The zero-order valence-electron chi connectivity index (χ0n) is 13.1. The summed E-state index contributed by atoms with van der Waals surface area (Å²) in [5, 5.41) is 12.2. The van der Waals surface area contributed by atoms with Crippen LogP contribution in [0.3, 0.4) is 0 Å². The Morgan fingerprint density at radius 3 is 2.74 bits per heavy atom. The van der Waals surface area contributed by atoms with Crippen molar-refractivity contribution in [2.24, 2.45) is 7.05 Å². The molecule has 0 radical (unpaired) electrons. The number of tetrazole rings is 1. The van der Waals surface area contributed by atoms with Gasteiger partial charge in [-0.3, -0.25) is 4.79 Å². The molecule has 2 rings (SSSR count). The molecule has 0 saturated carbocycles. The number of nitrogens with zero attached hydrogens (tertiary/aromatic N) is 5. The fourth-order valence-corrected chi connectivity index (χ4v) is 2.78. The van der Waals surface area contributed by atoms with E-state index in [1.165, 1.54) is 16.4 Å². The number of halogens is 1. The summed E-state index contributed by atoms with van der Waals surface area (Å²) in [4.78, 5) is 14.0. The van der Waals surface area contributed by atoms with E-state index in [4.69, 9.17) is 16.3 Å². The van der Waals surface area contributed by atoms with Crippen LogP contribution in [0.15, 0.2) is 29.4 Å². The van der Waals surface area contributed by atoms with Crippen LogP contribution in [-0.4, -0.2) is 56.5 Å². The summed E-state index contributed by atoms with van der Waals surface area (Å²) in [5.74, 6) is 0.723. The van der Waals surface area contributed by atoms with Crippen LogP contribution in [0.25, 0.3) is 0 Å². The maximum atomic E-state index is 12.3.